The van der Waals surface area contributed by atoms with Crippen LogP contribution in [0.5, 0.6) is 0 Å². The van der Waals surface area contributed by atoms with Gasteiger partial charge in [0.15, 0.2) is 5.82 Å². The first-order chi connectivity index (χ1) is 8.88. The maximum atomic E-state index is 13.8. The summed E-state index contributed by atoms with van der Waals surface area (Å²) in [7, 11) is -3.91. The van der Waals surface area contributed by atoms with Crippen molar-refractivity contribution in [2.24, 2.45) is 0 Å². The van der Waals surface area contributed by atoms with E-state index in [0.717, 1.165) is 6.07 Å². The SMILES string of the molecule is C#CCCCCNS(=O)(=O)c1cc(N)cc(Br)c1F. The molecule has 0 aliphatic rings. The normalized spacial score (nSPS) is 11.2. The van der Waals surface area contributed by atoms with Gasteiger partial charge in [0, 0.05) is 18.7 Å². The zero-order chi connectivity index (χ0) is 14.5. The highest BCUT2D eigenvalue weighted by atomic mass is 79.9. The van der Waals surface area contributed by atoms with Crippen molar-refractivity contribution in [3.63, 3.8) is 0 Å². The first-order valence-corrected chi connectivity index (χ1v) is 7.83. The number of anilines is 1. The zero-order valence-electron chi connectivity index (χ0n) is 10.1. The van der Waals surface area contributed by atoms with Crippen LogP contribution in [0, 0.1) is 18.2 Å². The van der Waals surface area contributed by atoms with E-state index in [1.165, 1.54) is 6.07 Å². The summed E-state index contributed by atoms with van der Waals surface area (Å²) in [6.07, 6.45) is 6.97. The van der Waals surface area contributed by atoms with Gasteiger partial charge in [-0.2, -0.15) is 0 Å². The molecular formula is C12H14BrFN2O2S. The van der Waals surface area contributed by atoms with E-state index in [4.69, 9.17) is 12.2 Å². The van der Waals surface area contributed by atoms with Crippen LogP contribution in [0.4, 0.5) is 10.1 Å². The number of rotatable bonds is 6. The summed E-state index contributed by atoms with van der Waals surface area (Å²) in [5.74, 6) is 1.60. The largest absolute Gasteiger partial charge is 0.399 e. The average molecular weight is 349 g/mol. The molecule has 0 saturated carbocycles. The molecule has 0 amide bonds. The van der Waals surface area contributed by atoms with E-state index in [2.05, 4.69) is 26.6 Å². The maximum absolute atomic E-state index is 13.8. The number of unbranched alkanes of at least 4 members (excludes halogenated alkanes) is 2. The van der Waals surface area contributed by atoms with Crippen LogP contribution in [0.15, 0.2) is 21.5 Å². The van der Waals surface area contributed by atoms with Crippen molar-refractivity contribution in [1.29, 1.82) is 0 Å². The second-order valence-electron chi connectivity index (χ2n) is 3.87. The average Bonchev–Trinajstić information content (AvgIpc) is 2.33. The highest BCUT2D eigenvalue weighted by molar-refractivity contribution is 9.10. The Kier molecular flexibility index (Phi) is 5.79. The number of hydrogen-bond acceptors (Lipinski definition) is 3. The Hall–Kier alpha value is -1.10. The molecule has 0 radical (unpaired) electrons. The Morgan fingerprint density at radius 3 is 2.74 bits per heavy atom. The van der Waals surface area contributed by atoms with Crippen molar-refractivity contribution in [2.45, 2.75) is 24.2 Å². The van der Waals surface area contributed by atoms with Crippen LogP contribution in [0.3, 0.4) is 0 Å². The van der Waals surface area contributed by atoms with Gasteiger partial charge in [-0.05, 0) is 40.9 Å². The van der Waals surface area contributed by atoms with Crippen molar-refractivity contribution in [3.05, 3.63) is 22.4 Å². The summed E-state index contributed by atoms with van der Waals surface area (Å²) < 4.78 is 39.9. The second-order valence-corrected chi connectivity index (χ2v) is 6.46. The fraction of sp³-hybridized carbons (Fsp3) is 0.333. The first kappa shape index (κ1) is 16.0. The highest BCUT2D eigenvalue weighted by Crippen LogP contribution is 2.25. The van der Waals surface area contributed by atoms with Crippen LogP contribution in [-0.4, -0.2) is 15.0 Å². The lowest BCUT2D eigenvalue weighted by Gasteiger charge is -2.09. The number of terminal acetylenes is 1. The summed E-state index contributed by atoms with van der Waals surface area (Å²) in [5.41, 5.74) is 5.68. The van der Waals surface area contributed by atoms with Crippen molar-refractivity contribution in [3.8, 4) is 12.3 Å². The Bertz CT molecular complexity index is 596. The van der Waals surface area contributed by atoms with Crippen molar-refractivity contribution in [2.75, 3.05) is 12.3 Å². The van der Waals surface area contributed by atoms with E-state index >= 15 is 0 Å². The van der Waals surface area contributed by atoms with Gasteiger partial charge in [0.25, 0.3) is 0 Å². The monoisotopic (exact) mass is 348 g/mol. The standard InChI is InChI=1S/C12H14BrFN2O2S/c1-2-3-4-5-6-16-19(17,18)11-8-9(15)7-10(13)12(11)14/h1,7-8,16H,3-6,15H2. The molecule has 19 heavy (non-hydrogen) atoms. The lowest BCUT2D eigenvalue weighted by Crippen LogP contribution is -2.26. The molecule has 7 heteroatoms. The van der Waals surface area contributed by atoms with Gasteiger partial charge in [-0.1, -0.05) is 0 Å². The molecule has 0 aliphatic heterocycles. The van der Waals surface area contributed by atoms with Crippen molar-refractivity contribution >= 4 is 31.6 Å². The topological polar surface area (TPSA) is 72.2 Å². The van der Waals surface area contributed by atoms with Crippen LogP contribution in [0.2, 0.25) is 0 Å². The smallest absolute Gasteiger partial charge is 0.243 e. The van der Waals surface area contributed by atoms with E-state index in [1.807, 2.05) is 0 Å². The summed E-state index contributed by atoms with van der Waals surface area (Å²) >= 11 is 2.92. The zero-order valence-corrected chi connectivity index (χ0v) is 12.5. The van der Waals surface area contributed by atoms with Gasteiger partial charge in [0.05, 0.1) is 4.47 Å². The number of nitrogens with one attached hydrogen (secondary N) is 1. The Balaban J connectivity index is 2.81. The fourth-order valence-corrected chi connectivity index (χ4v) is 3.23. The number of nitrogens with two attached hydrogens (primary N) is 1. The lowest BCUT2D eigenvalue weighted by molar-refractivity contribution is 0.552. The molecule has 0 unspecified atom stereocenters. The van der Waals surface area contributed by atoms with Gasteiger partial charge in [0.1, 0.15) is 4.90 Å². The van der Waals surface area contributed by atoms with Gasteiger partial charge < -0.3 is 5.73 Å². The third-order valence-electron chi connectivity index (χ3n) is 2.35. The van der Waals surface area contributed by atoms with Crippen LogP contribution in [0.25, 0.3) is 0 Å². The van der Waals surface area contributed by atoms with E-state index in [1.54, 1.807) is 0 Å². The number of benzene rings is 1. The van der Waals surface area contributed by atoms with Gasteiger partial charge in [-0.25, -0.2) is 17.5 Å². The van der Waals surface area contributed by atoms with E-state index < -0.39 is 20.7 Å². The Morgan fingerprint density at radius 2 is 2.11 bits per heavy atom. The predicted molar refractivity (Wildman–Crippen MR) is 76.4 cm³/mol. The molecule has 104 valence electrons. The Labute approximate surface area is 120 Å². The van der Waals surface area contributed by atoms with E-state index in [9.17, 15) is 12.8 Å². The maximum Gasteiger partial charge on any atom is 0.243 e. The quantitative estimate of drug-likeness (QED) is 0.470. The Morgan fingerprint density at radius 1 is 1.42 bits per heavy atom. The van der Waals surface area contributed by atoms with Crippen LogP contribution in [0.1, 0.15) is 19.3 Å². The molecule has 4 nitrogen and oxygen atoms in total. The van der Waals surface area contributed by atoms with Crippen LogP contribution >= 0.6 is 15.9 Å². The molecular weight excluding hydrogens is 335 g/mol. The fourth-order valence-electron chi connectivity index (χ4n) is 1.42. The number of sulfonamides is 1. The molecule has 1 aromatic rings. The summed E-state index contributed by atoms with van der Waals surface area (Å²) in [6, 6.07) is 2.39. The molecule has 0 heterocycles. The number of nitrogen functional groups attached to an aromatic ring is 1. The summed E-state index contributed by atoms with van der Waals surface area (Å²) in [6.45, 7) is 0.204. The number of halogens is 2. The number of hydrogen-bond donors (Lipinski definition) is 2. The molecule has 0 spiro atoms. The molecule has 1 aromatic carbocycles. The van der Waals surface area contributed by atoms with Gasteiger partial charge in [0.2, 0.25) is 10.0 Å². The second kappa shape index (κ2) is 6.89. The summed E-state index contributed by atoms with van der Waals surface area (Å²) in [4.78, 5) is -0.462. The van der Waals surface area contributed by atoms with E-state index in [-0.39, 0.29) is 16.7 Å². The third-order valence-corrected chi connectivity index (χ3v) is 4.38. The van der Waals surface area contributed by atoms with Crippen molar-refractivity contribution < 1.29 is 12.8 Å². The minimum atomic E-state index is -3.91. The molecule has 0 saturated heterocycles. The molecule has 1 rings (SSSR count). The predicted octanol–water partition coefficient (Wildman–Crippen LogP) is 2.25. The molecule has 0 aliphatic carbocycles. The van der Waals surface area contributed by atoms with Crippen LogP contribution in [-0.2, 0) is 10.0 Å². The molecule has 0 bridgehead atoms. The lowest BCUT2D eigenvalue weighted by atomic mass is 10.2. The van der Waals surface area contributed by atoms with Crippen LogP contribution < -0.4 is 10.5 Å². The minimum Gasteiger partial charge on any atom is -0.399 e. The van der Waals surface area contributed by atoms with Gasteiger partial charge >= 0.3 is 0 Å². The first-order valence-electron chi connectivity index (χ1n) is 5.56. The molecule has 0 aromatic heterocycles. The minimum absolute atomic E-state index is 0.0141. The van der Waals surface area contributed by atoms with E-state index in [0.29, 0.717) is 19.3 Å². The molecule has 3 N–H and O–H groups in total. The molecule has 0 fully saturated rings. The highest BCUT2D eigenvalue weighted by Gasteiger charge is 2.21. The van der Waals surface area contributed by atoms with Crippen molar-refractivity contribution in [1.82, 2.24) is 4.72 Å². The van der Waals surface area contributed by atoms with Gasteiger partial charge in [-0.3, -0.25) is 0 Å². The molecule has 0 atom stereocenters. The van der Waals surface area contributed by atoms with Gasteiger partial charge in [-0.15, -0.1) is 12.3 Å². The third kappa shape index (κ3) is 4.49. The summed E-state index contributed by atoms with van der Waals surface area (Å²) in [5, 5.41) is 0.